The van der Waals surface area contributed by atoms with Gasteiger partial charge in [0.15, 0.2) is 0 Å². The summed E-state index contributed by atoms with van der Waals surface area (Å²) < 4.78 is 39.5. The number of pyridine rings is 1. The van der Waals surface area contributed by atoms with E-state index in [2.05, 4.69) is 31.1 Å². The average Bonchev–Trinajstić information content (AvgIpc) is 2.82. The summed E-state index contributed by atoms with van der Waals surface area (Å²) in [6.07, 6.45) is 1.09. The highest BCUT2D eigenvalue weighted by molar-refractivity contribution is 5.31. The van der Waals surface area contributed by atoms with Crippen LogP contribution in [0.15, 0.2) is 18.5 Å². The summed E-state index contributed by atoms with van der Waals surface area (Å²) in [6.45, 7) is 6.97. The summed E-state index contributed by atoms with van der Waals surface area (Å²) in [5.41, 5.74) is -0.178. The topological polar surface area (TPSA) is 24.9 Å². The Labute approximate surface area is 124 Å². The van der Waals surface area contributed by atoms with Gasteiger partial charge in [-0.05, 0) is 63.6 Å². The maximum absolute atomic E-state index is 13.2. The highest BCUT2D eigenvalue weighted by atomic mass is 19.4. The van der Waals surface area contributed by atoms with Crippen LogP contribution in [0.25, 0.3) is 0 Å². The van der Waals surface area contributed by atoms with Crippen LogP contribution in [0.5, 0.6) is 0 Å². The van der Waals surface area contributed by atoms with Crippen LogP contribution in [0.3, 0.4) is 0 Å². The van der Waals surface area contributed by atoms with Gasteiger partial charge in [0, 0.05) is 17.9 Å². The van der Waals surface area contributed by atoms with Crippen molar-refractivity contribution in [3.63, 3.8) is 0 Å². The molecular weight excluding hydrogens is 277 g/mol. The summed E-state index contributed by atoms with van der Waals surface area (Å²) in [5, 5.41) is 3.42. The van der Waals surface area contributed by atoms with Gasteiger partial charge in [0.1, 0.15) is 0 Å². The highest BCUT2D eigenvalue weighted by Crippen LogP contribution is 2.44. The van der Waals surface area contributed by atoms with E-state index in [1.165, 1.54) is 12.4 Å². The van der Waals surface area contributed by atoms with E-state index < -0.39 is 11.7 Å². The summed E-state index contributed by atoms with van der Waals surface area (Å²) in [6, 6.07) is 1.10. The van der Waals surface area contributed by atoms with Crippen LogP contribution in [-0.4, -0.2) is 17.1 Å². The van der Waals surface area contributed by atoms with Crippen LogP contribution >= 0.6 is 0 Å². The quantitative estimate of drug-likeness (QED) is 0.896. The lowest BCUT2D eigenvalue weighted by Crippen LogP contribution is -2.39. The number of halogens is 3. The molecule has 2 rings (SSSR count). The molecule has 1 saturated carbocycles. The van der Waals surface area contributed by atoms with E-state index in [1.807, 2.05) is 0 Å². The molecule has 0 spiro atoms. The number of rotatable bonds is 3. The minimum absolute atomic E-state index is 0.0189. The normalized spacial score (nSPS) is 23.5. The first-order chi connectivity index (χ1) is 9.68. The maximum Gasteiger partial charge on any atom is 0.416 e. The van der Waals surface area contributed by atoms with Crippen molar-refractivity contribution in [2.75, 3.05) is 6.54 Å². The van der Waals surface area contributed by atoms with Crippen LogP contribution in [0.4, 0.5) is 13.2 Å². The number of hydrogen-bond donors (Lipinski definition) is 1. The van der Waals surface area contributed by atoms with E-state index in [1.54, 1.807) is 0 Å². The molecule has 1 aromatic heterocycles. The third-order valence-electron chi connectivity index (χ3n) is 4.11. The molecule has 21 heavy (non-hydrogen) atoms. The minimum atomic E-state index is -4.30. The number of hydrogen-bond acceptors (Lipinski definition) is 2. The first-order valence-electron chi connectivity index (χ1n) is 7.44. The van der Waals surface area contributed by atoms with Crippen LogP contribution in [0, 0.1) is 5.92 Å². The van der Waals surface area contributed by atoms with Crippen molar-refractivity contribution in [2.45, 2.75) is 57.7 Å². The molecule has 2 unspecified atom stereocenters. The molecule has 1 aliphatic carbocycles. The van der Waals surface area contributed by atoms with Crippen molar-refractivity contribution >= 4 is 0 Å². The lowest BCUT2D eigenvalue weighted by atomic mass is 9.86. The second-order valence-corrected chi connectivity index (χ2v) is 6.89. The van der Waals surface area contributed by atoms with Gasteiger partial charge < -0.3 is 5.32 Å². The van der Waals surface area contributed by atoms with Crippen molar-refractivity contribution in [3.8, 4) is 0 Å². The Balaban J connectivity index is 2.21. The zero-order valence-corrected chi connectivity index (χ0v) is 12.8. The molecule has 1 heterocycles. The van der Waals surface area contributed by atoms with E-state index in [0.717, 1.165) is 31.9 Å². The molecule has 0 amide bonds. The Bertz CT molecular complexity index is 477. The molecule has 1 aromatic rings. The van der Waals surface area contributed by atoms with Crippen LogP contribution in [0.1, 0.15) is 57.1 Å². The fraction of sp³-hybridized carbons (Fsp3) is 0.688. The second-order valence-electron chi connectivity index (χ2n) is 6.89. The van der Waals surface area contributed by atoms with Gasteiger partial charge in [-0.1, -0.05) is 6.42 Å². The Morgan fingerprint density at radius 3 is 2.57 bits per heavy atom. The van der Waals surface area contributed by atoms with E-state index in [-0.39, 0.29) is 17.4 Å². The van der Waals surface area contributed by atoms with E-state index in [9.17, 15) is 13.2 Å². The largest absolute Gasteiger partial charge is 0.416 e. The molecule has 1 N–H and O–H groups in total. The van der Waals surface area contributed by atoms with Crippen molar-refractivity contribution in [1.29, 1.82) is 0 Å². The third-order valence-corrected chi connectivity index (χ3v) is 4.11. The van der Waals surface area contributed by atoms with Gasteiger partial charge in [-0.3, -0.25) is 4.98 Å². The van der Waals surface area contributed by atoms with Gasteiger partial charge in [0.05, 0.1) is 5.56 Å². The lowest BCUT2D eigenvalue weighted by molar-refractivity contribution is -0.138. The van der Waals surface area contributed by atoms with Gasteiger partial charge in [0.25, 0.3) is 0 Å². The third kappa shape index (κ3) is 4.19. The molecule has 0 aliphatic heterocycles. The van der Waals surface area contributed by atoms with Gasteiger partial charge in [-0.15, -0.1) is 0 Å². The van der Waals surface area contributed by atoms with Crippen molar-refractivity contribution < 1.29 is 13.2 Å². The van der Waals surface area contributed by atoms with E-state index in [0.29, 0.717) is 5.56 Å². The smallest absolute Gasteiger partial charge is 0.312 e. The van der Waals surface area contributed by atoms with Crippen LogP contribution in [-0.2, 0) is 6.18 Å². The Hall–Kier alpha value is -1.10. The van der Waals surface area contributed by atoms with Crippen molar-refractivity contribution in [1.82, 2.24) is 10.3 Å². The molecule has 118 valence electrons. The summed E-state index contributed by atoms with van der Waals surface area (Å²) in [4.78, 5) is 3.93. The molecule has 1 fully saturated rings. The molecular formula is C16H23F3N2. The minimum Gasteiger partial charge on any atom is -0.312 e. The summed E-state index contributed by atoms with van der Waals surface area (Å²) in [7, 11) is 0. The number of alkyl halides is 3. The average molecular weight is 300 g/mol. The van der Waals surface area contributed by atoms with Crippen LogP contribution < -0.4 is 5.32 Å². The SMILES string of the molecule is CC(C)(C)NCC1CCCC1c1cnccc1C(F)(F)F. The molecule has 2 nitrogen and oxygen atoms in total. The predicted octanol–water partition coefficient (Wildman–Crippen LogP) is 4.37. The van der Waals surface area contributed by atoms with Gasteiger partial charge in [-0.25, -0.2) is 0 Å². The number of aromatic nitrogens is 1. The van der Waals surface area contributed by atoms with Crippen molar-refractivity contribution in [3.05, 3.63) is 29.6 Å². The number of nitrogens with one attached hydrogen (secondary N) is 1. The Morgan fingerprint density at radius 1 is 1.24 bits per heavy atom. The monoisotopic (exact) mass is 300 g/mol. The second kappa shape index (κ2) is 5.95. The van der Waals surface area contributed by atoms with Gasteiger partial charge in [-0.2, -0.15) is 13.2 Å². The fourth-order valence-corrected chi connectivity index (χ4v) is 3.09. The first kappa shape index (κ1) is 16.3. The standard InChI is InChI=1S/C16H23F3N2/c1-15(2,3)21-9-11-5-4-6-12(11)13-10-20-8-7-14(13)16(17,18)19/h7-8,10-12,21H,4-6,9H2,1-3H3. The Morgan fingerprint density at radius 2 is 1.95 bits per heavy atom. The molecule has 0 bridgehead atoms. The lowest BCUT2D eigenvalue weighted by Gasteiger charge is -2.27. The summed E-state index contributed by atoms with van der Waals surface area (Å²) in [5.74, 6) is 0.194. The maximum atomic E-state index is 13.2. The fourth-order valence-electron chi connectivity index (χ4n) is 3.09. The Kier molecular flexibility index (Phi) is 4.61. The zero-order chi connectivity index (χ0) is 15.7. The first-order valence-corrected chi connectivity index (χ1v) is 7.44. The van der Waals surface area contributed by atoms with Gasteiger partial charge >= 0.3 is 6.18 Å². The predicted molar refractivity (Wildman–Crippen MR) is 77.1 cm³/mol. The van der Waals surface area contributed by atoms with E-state index in [4.69, 9.17) is 0 Å². The molecule has 0 radical (unpaired) electrons. The highest BCUT2D eigenvalue weighted by Gasteiger charge is 2.38. The molecule has 0 aromatic carbocycles. The number of nitrogens with zero attached hydrogens (tertiary/aromatic N) is 1. The van der Waals surface area contributed by atoms with Crippen LogP contribution in [0.2, 0.25) is 0 Å². The molecule has 2 atom stereocenters. The van der Waals surface area contributed by atoms with Gasteiger partial charge in [0.2, 0.25) is 0 Å². The molecule has 5 heteroatoms. The molecule has 0 saturated heterocycles. The summed E-state index contributed by atoms with van der Waals surface area (Å²) >= 11 is 0. The zero-order valence-electron chi connectivity index (χ0n) is 12.8. The molecule has 1 aliphatic rings. The van der Waals surface area contributed by atoms with E-state index >= 15 is 0 Å². The van der Waals surface area contributed by atoms with Crippen molar-refractivity contribution in [2.24, 2.45) is 5.92 Å².